The van der Waals surface area contributed by atoms with E-state index in [9.17, 15) is 19.5 Å². The molecule has 346 valence electrons. The molecule has 0 aromatic heterocycles. The largest absolute Gasteiger partial charge is 0.544 e. The summed E-state index contributed by atoms with van der Waals surface area (Å²) in [7, 11) is 5.39. The number of quaternary nitrogens is 1. The predicted molar refractivity (Wildman–Crippen MR) is 249 cm³/mol. The number of hydrogen-bond donors (Lipinski definition) is 0. The average molecular weight is 842 g/mol. The maximum atomic E-state index is 12.8. The van der Waals surface area contributed by atoms with E-state index in [1.54, 1.807) is 21.1 Å². The third kappa shape index (κ3) is 40.4. The minimum atomic E-state index is -1.13. The van der Waals surface area contributed by atoms with Crippen LogP contribution in [-0.4, -0.2) is 75.5 Å². The van der Waals surface area contributed by atoms with Gasteiger partial charge in [-0.1, -0.05) is 190 Å². The Morgan fingerprint density at radius 2 is 0.933 bits per heavy atom. The smallest absolute Gasteiger partial charge is 0.306 e. The second kappa shape index (κ2) is 42.7. The summed E-state index contributed by atoms with van der Waals surface area (Å²) in [5.41, 5.74) is 0. The van der Waals surface area contributed by atoms with Gasteiger partial charge in [0.15, 0.2) is 6.10 Å². The van der Waals surface area contributed by atoms with E-state index in [-0.39, 0.29) is 49.1 Å². The first-order valence-electron chi connectivity index (χ1n) is 24.3. The van der Waals surface area contributed by atoms with Gasteiger partial charge < -0.3 is 28.6 Å². The van der Waals surface area contributed by atoms with E-state index in [0.717, 1.165) is 57.8 Å². The zero-order valence-electron chi connectivity index (χ0n) is 39.4. The summed E-state index contributed by atoms with van der Waals surface area (Å²) in [6.07, 6.45) is 52.6. The Kier molecular flexibility index (Phi) is 40.6. The Labute approximate surface area is 368 Å². The molecule has 0 amide bonds. The Hall–Kier alpha value is -2.97. The third-order valence-corrected chi connectivity index (χ3v) is 10.7. The Bertz CT molecular complexity index is 1170. The van der Waals surface area contributed by atoms with Crippen LogP contribution < -0.4 is 5.11 Å². The number of aliphatic carboxylic acids is 1. The van der Waals surface area contributed by atoms with Crippen LogP contribution in [0.25, 0.3) is 0 Å². The molecule has 0 aromatic rings. The highest BCUT2D eigenvalue weighted by Gasteiger charge is 2.25. The average Bonchev–Trinajstić information content (AvgIpc) is 3.21. The standard InChI is InChI=1S/C52H91NO7/c1-6-8-10-12-14-16-18-20-22-24-25-27-29-31-33-35-37-39-41-43-51(55)60-48(46-58-45-44-49(52(56)57)53(3,4)5)47-59-50(54)42-40-38-36-34-32-30-28-26-23-21-19-17-15-13-11-9-7-2/h9,11,15,17,21,23,28,30,34,36,48-49H,6-8,10,12-14,16,18-20,22,24-27,29,31-33,35,37-47H2,1-5H3/b11-9+,17-15+,23-21+,30-28+,36-34+. The lowest BCUT2D eigenvalue weighted by atomic mass is 10.0. The second-order valence-corrected chi connectivity index (χ2v) is 17.3. The molecular formula is C52H91NO7. The number of likely N-dealkylation sites (N-methyl/N-ethyl adjacent to an activating group) is 1. The molecule has 0 aromatic carbocycles. The number of carboxylic acid groups (broad SMARTS) is 1. The summed E-state index contributed by atoms with van der Waals surface area (Å²) in [4.78, 5) is 36.9. The van der Waals surface area contributed by atoms with Crippen molar-refractivity contribution in [2.45, 2.75) is 212 Å². The van der Waals surface area contributed by atoms with Crippen LogP contribution in [-0.2, 0) is 28.6 Å². The number of unbranched alkanes of at least 4 members (excludes halogenated alkanes) is 19. The van der Waals surface area contributed by atoms with Crippen molar-refractivity contribution in [1.29, 1.82) is 0 Å². The van der Waals surface area contributed by atoms with Gasteiger partial charge in [-0.15, -0.1) is 0 Å². The SMILES string of the molecule is CC/C=C/C/C=C/C/C=C/C/C=C/C/C=C/CCCC(=O)OCC(COCCC(C(=O)[O-])[N+](C)(C)C)OC(=O)CCCCCCCCCCCCCCCCCCCCC. The summed E-state index contributed by atoms with van der Waals surface area (Å²) >= 11 is 0. The molecule has 0 bridgehead atoms. The summed E-state index contributed by atoms with van der Waals surface area (Å²) in [6, 6.07) is -0.735. The molecule has 0 aliphatic heterocycles. The van der Waals surface area contributed by atoms with Crippen molar-refractivity contribution in [1.82, 2.24) is 0 Å². The van der Waals surface area contributed by atoms with Gasteiger partial charge in [0.1, 0.15) is 12.6 Å². The van der Waals surface area contributed by atoms with Gasteiger partial charge in [-0.25, -0.2) is 0 Å². The summed E-state index contributed by atoms with van der Waals surface area (Å²) < 4.78 is 17.2. The van der Waals surface area contributed by atoms with Gasteiger partial charge in [0.2, 0.25) is 0 Å². The predicted octanol–water partition coefficient (Wildman–Crippen LogP) is 12.4. The minimum Gasteiger partial charge on any atom is -0.544 e. The van der Waals surface area contributed by atoms with Crippen LogP contribution in [0.5, 0.6) is 0 Å². The van der Waals surface area contributed by atoms with Crippen LogP contribution in [0, 0.1) is 0 Å². The topological polar surface area (TPSA) is 102 Å². The second-order valence-electron chi connectivity index (χ2n) is 17.3. The van der Waals surface area contributed by atoms with Gasteiger partial charge in [-0.2, -0.15) is 0 Å². The maximum absolute atomic E-state index is 12.8. The molecule has 0 saturated carbocycles. The van der Waals surface area contributed by atoms with Crippen LogP contribution in [0.15, 0.2) is 60.8 Å². The lowest BCUT2D eigenvalue weighted by Crippen LogP contribution is -2.55. The highest BCUT2D eigenvalue weighted by atomic mass is 16.6. The molecule has 0 radical (unpaired) electrons. The van der Waals surface area contributed by atoms with Crippen LogP contribution in [0.4, 0.5) is 0 Å². The molecule has 0 N–H and O–H groups in total. The highest BCUT2D eigenvalue weighted by Crippen LogP contribution is 2.16. The molecule has 0 fully saturated rings. The zero-order valence-corrected chi connectivity index (χ0v) is 39.4. The quantitative estimate of drug-likeness (QED) is 0.0261. The van der Waals surface area contributed by atoms with Crippen molar-refractivity contribution in [3.63, 3.8) is 0 Å². The number of allylic oxidation sites excluding steroid dienone is 10. The highest BCUT2D eigenvalue weighted by molar-refractivity contribution is 5.70. The van der Waals surface area contributed by atoms with Crippen molar-refractivity contribution < 1.29 is 38.2 Å². The number of ether oxygens (including phenoxy) is 3. The van der Waals surface area contributed by atoms with Crippen LogP contribution in [0.2, 0.25) is 0 Å². The van der Waals surface area contributed by atoms with Crippen molar-refractivity contribution in [2.24, 2.45) is 0 Å². The zero-order chi connectivity index (χ0) is 44.2. The lowest BCUT2D eigenvalue weighted by molar-refractivity contribution is -0.889. The normalized spacial score (nSPS) is 13.4. The van der Waals surface area contributed by atoms with Gasteiger partial charge in [0.05, 0.1) is 40.3 Å². The fourth-order valence-corrected chi connectivity index (χ4v) is 6.93. The Balaban J connectivity index is 4.35. The van der Waals surface area contributed by atoms with Gasteiger partial charge in [-0.3, -0.25) is 9.59 Å². The van der Waals surface area contributed by atoms with Gasteiger partial charge in [-0.05, 0) is 51.4 Å². The first-order chi connectivity index (χ1) is 29.1. The fourth-order valence-electron chi connectivity index (χ4n) is 6.93. The maximum Gasteiger partial charge on any atom is 0.306 e. The first-order valence-corrected chi connectivity index (χ1v) is 24.3. The number of nitrogens with zero attached hydrogens (tertiary/aromatic N) is 1. The molecule has 0 heterocycles. The van der Waals surface area contributed by atoms with Crippen molar-refractivity contribution in [3.05, 3.63) is 60.8 Å². The minimum absolute atomic E-state index is 0.0230. The Morgan fingerprint density at radius 1 is 0.517 bits per heavy atom. The molecular weight excluding hydrogens is 751 g/mol. The lowest BCUT2D eigenvalue weighted by Gasteiger charge is -2.34. The number of carbonyl (C=O) groups excluding carboxylic acids is 3. The summed E-state index contributed by atoms with van der Waals surface area (Å²) in [6.45, 7) is 4.50. The van der Waals surface area contributed by atoms with E-state index in [1.165, 1.54) is 103 Å². The van der Waals surface area contributed by atoms with Crippen molar-refractivity contribution >= 4 is 17.9 Å². The van der Waals surface area contributed by atoms with Crippen LogP contribution in [0.1, 0.15) is 200 Å². The van der Waals surface area contributed by atoms with Crippen molar-refractivity contribution in [2.75, 3.05) is 41.0 Å². The molecule has 0 rings (SSSR count). The fraction of sp³-hybridized carbons (Fsp3) is 0.750. The number of carboxylic acids is 1. The molecule has 0 aliphatic carbocycles. The summed E-state index contributed by atoms with van der Waals surface area (Å²) in [5, 5.41) is 11.6. The van der Waals surface area contributed by atoms with Crippen LogP contribution >= 0.6 is 0 Å². The molecule has 0 aliphatic rings. The van der Waals surface area contributed by atoms with E-state index in [0.29, 0.717) is 12.8 Å². The van der Waals surface area contributed by atoms with Gasteiger partial charge >= 0.3 is 11.9 Å². The number of esters is 2. The summed E-state index contributed by atoms with van der Waals surface area (Å²) in [5.74, 6) is -1.81. The molecule has 8 nitrogen and oxygen atoms in total. The number of rotatable bonds is 43. The molecule has 2 atom stereocenters. The van der Waals surface area contributed by atoms with E-state index in [4.69, 9.17) is 14.2 Å². The van der Waals surface area contributed by atoms with E-state index in [2.05, 4.69) is 74.6 Å². The van der Waals surface area contributed by atoms with E-state index >= 15 is 0 Å². The first kappa shape index (κ1) is 57.0. The number of hydrogen-bond acceptors (Lipinski definition) is 7. The van der Waals surface area contributed by atoms with Crippen LogP contribution in [0.3, 0.4) is 0 Å². The van der Waals surface area contributed by atoms with Gasteiger partial charge in [0, 0.05) is 19.3 Å². The number of carbonyl (C=O) groups is 3. The monoisotopic (exact) mass is 842 g/mol. The molecule has 0 spiro atoms. The van der Waals surface area contributed by atoms with Gasteiger partial charge in [0.25, 0.3) is 0 Å². The van der Waals surface area contributed by atoms with E-state index in [1.807, 2.05) is 0 Å². The third-order valence-electron chi connectivity index (χ3n) is 10.7. The molecule has 8 heteroatoms. The Morgan fingerprint density at radius 3 is 1.37 bits per heavy atom. The molecule has 60 heavy (non-hydrogen) atoms. The molecule has 2 unspecified atom stereocenters. The molecule has 0 saturated heterocycles. The van der Waals surface area contributed by atoms with E-state index < -0.39 is 18.1 Å². The van der Waals surface area contributed by atoms with Crippen molar-refractivity contribution in [3.8, 4) is 0 Å².